The van der Waals surface area contributed by atoms with E-state index in [1.165, 1.54) is 12.1 Å². The maximum Gasteiger partial charge on any atom is 0.223 e. The van der Waals surface area contributed by atoms with Gasteiger partial charge in [-0.3, -0.25) is 4.79 Å². The van der Waals surface area contributed by atoms with Crippen LogP contribution in [0.25, 0.3) is 10.9 Å². The maximum atomic E-state index is 13.4. The van der Waals surface area contributed by atoms with Gasteiger partial charge in [-0.1, -0.05) is 13.8 Å². The first kappa shape index (κ1) is 16.6. The molecule has 1 amide bonds. The van der Waals surface area contributed by atoms with Crippen molar-refractivity contribution in [3.63, 3.8) is 0 Å². The smallest absolute Gasteiger partial charge is 0.223 e. The molecule has 2 N–H and O–H groups in total. The van der Waals surface area contributed by atoms with Crippen molar-refractivity contribution in [1.82, 2.24) is 9.88 Å². The van der Waals surface area contributed by atoms with Crippen LogP contribution in [0.2, 0.25) is 0 Å². The van der Waals surface area contributed by atoms with E-state index in [2.05, 4.69) is 11.9 Å². The van der Waals surface area contributed by atoms with E-state index in [4.69, 9.17) is 0 Å². The van der Waals surface area contributed by atoms with Gasteiger partial charge in [-0.05, 0) is 55.4 Å². The number of aromatic amines is 1. The molecule has 2 atom stereocenters. The molecule has 4 nitrogen and oxygen atoms in total. The molecular weight excluding hydrogens is 319 g/mol. The van der Waals surface area contributed by atoms with Crippen molar-refractivity contribution in [3.8, 4) is 0 Å². The molecule has 3 heterocycles. The zero-order chi connectivity index (χ0) is 17.8. The molecule has 5 rings (SSSR count). The number of nitrogens with zero attached hydrogens (tertiary/aromatic N) is 1. The standard InChI is InChI=1S/C20H25FN2O2/c1-3-14-8-20(25)9-15(10-20)23(14)19(24)6-12(2)17-11-22-18-7-13(21)4-5-16(17)18/h4-5,7,11-12,14-15,22,25H,3,6,8-10H2,1-2H3. The van der Waals surface area contributed by atoms with Crippen LogP contribution < -0.4 is 0 Å². The Morgan fingerprint density at radius 1 is 1.44 bits per heavy atom. The summed E-state index contributed by atoms with van der Waals surface area (Å²) in [6.45, 7) is 4.13. The Hall–Kier alpha value is -1.88. The van der Waals surface area contributed by atoms with Gasteiger partial charge in [0.2, 0.25) is 5.91 Å². The molecular formula is C20H25FN2O2. The van der Waals surface area contributed by atoms with E-state index in [0.717, 1.165) is 35.7 Å². The number of aromatic nitrogens is 1. The summed E-state index contributed by atoms with van der Waals surface area (Å²) in [6.07, 6.45) is 5.34. The van der Waals surface area contributed by atoms with Crippen molar-refractivity contribution in [2.45, 2.75) is 69.6 Å². The fourth-order valence-corrected chi connectivity index (χ4v) is 4.77. The normalized spacial score (nSPS) is 29.5. The molecule has 5 heteroatoms. The molecule has 0 radical (unpaired) electrons. The van der Waals surface area contributed by atoms with Gasteiger partial charge in [-0.25, -0.2) is 4.39 Å². The van der Waals surface area contributed by atoms with Gasteiger partial charge in [-0.2, -0.15) is 0 Å². The molecule has 25 heavy (non-hydrogen) atoms. The number of carbonyl (C=O) groups excluding carboxylic acids is 1. The largest absolute Gasteiger partial charge is 0.390 e. The molecule has 1 aromatic heterocycles. The lowest BCUT2D eigenvalue weighted by Gasteiger charge is -2.58. The minimum atomic E-state index is -0.533. The number of hydrogen-bond acceptors (Lipinski definition) is 2. The number of rotatable bonds is 4. The van der Waals surface area contributed by atoms with E-state index >= 15 is 0 Å². The van der Waals surface area contributed by atoms with E-state index in [0.29, 0.717) is 12.8 Å². The SMILES string of the molecule is CCC1CC2(O)CC(C2)N1C(=O)CC(C)c1c[nH]c2cc(F)ccc12. The molecule has 1 saturated carbocycles. The van der Waals surface area contributed by atoms with Crippen molar-refractivity contribution < 1.29 is 14.3 Å². The zero-order valence-corrected chi connectivity index (χ0v) is 14.8. The Morgan fingerprint density at radius 2 is 2.20 bits per heavy atom. The summed E-state index contributed by atoms with van der Waals surface area (Å²) in [5, 5.41) is 11.3. The Morgan fingerprint density at radius 3 is 2.92 bits per heavy atom. The lowest BCUT2D eigenvalue weighted by Crippen LogP contribution is -2.67. The van der Waals surface area contributed by atoms with Crippen molar-refractivity contribution in [2.24, 2.45) is 0 Å². The summed E-state index contributed by atoms with van der Waals surface area (Å²) in [5.74, 6) is -0.0335. The minimum Gasteiger partial charge on any atom is -0.390 e. The van der Waals surface area contributed by atoms with Crippen LogP contribution in [0.4, 0.5) is 4.39 Å². The summed E-state index contributed by atoms with van der Waals surface area (Å²) < 4.78 is 13.4. The van der Waals surface area contributed by atoms with Crippen LogP contribution in [0.15, 0.2) is 24.4 Å². The topological polar surface area (TPSA) is 56.3 Å². The summed E-state index contributed by atoms with van der Waals surface area (Å²) in [6, 6.07) is 5.07. The quantitative estimate of drug-likeness (QED) is 0.888. The van der Waals surface area contributed by atoms with E-state index < -0.39 is 5.60 Å². The second kappa shape index (κ2) is 5.84. The second-order valence-corrected chi connectivity index (χ2v) is 7.89. The Balaban J connectivity index is 1.51. The second-order valence-electron chi connectivity index (χ2n) is 7.89. The summed E-state index contributed by atoms with van der Waals surface area (Å²) in [7, 11) is 0. The number of aliphatic hydroxyl groups is 1. The van der Waals surface area contributed by atoms with Gasteiger partial charge >= 0.3 is 0 Å². The number of halogens is 1. The van der Waals surface area contributed by atoms with Crippen LogP contribution in [0.3, 0.4) is 0 Å². The lowest BCUT2D eigenvalue weighted by atomic mass is 9.66. The van der Waals surface area contributed by atoms with Crippen LogP contribution in [-0.2, 0) is 4.79 Å². The Labute approximate surface area is 147 Å². The van der Waals surface area contributed by atoms with Crippen molar-refractivity contribution in [3.05, 3.63) is 35.8 Å². The van der Waals surface area contributed by atoms with E-state index in [9.17, 15) is 14.3 Å². The molecule has 2 aromatic rings. The maximum absolute atomic E-state index is 13.4. The fourth-order valence-electron chi connectivity index (χ4n) is 4.77. The fraction of sp³-hybridized carbons (Fsp3) is 0.550. The first-order valence-electron chi connectivity index (χ1n) is 9.20. The van der Waals surface area contributed by atoms with Crippen molar-refractivity contribution >= 4 is 16.8 Å². The minimum absolute atomic E-state index is 0.0603. The van der Waals surface area contributed by atoms with Crippen LogP contribution in [0.5, 0.6) is 0 Å². The number of H-pyrrole nitrogens is 1. The number of nitrogens with one attached hydrogen (secondary N) is 1. The number of piperidine rings is 2. The monoisotopic (exact) mass is 344 g/mol. The number of fused-ring (bicyclic) bond motifs is 3. The molecule has 0 spiro atoms. The van der Waals surface area contributed by atoms with Gasteiger partial charge in [0, 0.05) is 35.6 Å². The molecule has 2 bridgehead atoms. The van der Waals surface area contributed by atoms with Gasteiger partial charge < -0.3 is 15.0 Å². The molecule has 2 unspecified atom stereocenters. The van der Waals surface area contributed by atoms with Crippen LogP contribution in [0, 0.1) is 5.82 Å². The number of amides is 1. The lowest BCUT2D eigenvalue weighted by molar-refractivity contribution is -0.178. The van der Waals surface area contributed by atoms with Gasteiger partial charge in [0.25, 0.3) is 0 Å². The number of benzene rings is 1. The predicted molar refractivity (Wildman–Crippen MR) is 94.8 cm³/mol. The van der Waals surface area contributed by atoms with E-state index in [1.54, 1.807) is 6.07 Å². The summed E-state index contributed by atoms with van der Waals surface area (Å²) in [4.78, 5) is 18.1. The van der Waals surface area contributed by atoms with Crippen molar-refractivity contribution in [1.29, 1.82) is 0 Å². The first-order valence-corrected chi connectivity index (χ1v) is 9.20. The molecule has 134 valence electrons. The predicted octanol–water partition coefficient (Wildman–Crippen LogP) is 3.71. The molecule has 2 aliphatic heterocycles. The highest BCUT2D eigenvalue weighted by atomic mass is 19.1. The molecule has 1 aromatic carbocycles. The summed E-state index contributed by atoms with van der Waals surface area (Å²) in [5.41, 5.74) is 1.29. The van der Waals surface area contributed by atoms with Crippen LogP contribution in [0.1, 0.15) is 57.4 Å². The third-order valence-corrected chi connectivity index (χ3v) is 6.08. The average molecular weight is 344 g/mol. The molecule has 3 fully saturated rings. The van der Waals surface area contributed by atoms with Gasteiger partial charge in [-0.15, -0.1) is 0 Å². The third kappa shape index (κ3) is 2.74. The van der Waals surface area contributed by atoms with Gasteiger partial charge in [0.15, 0.2) is 0 Å². The third-order valence-electron chi connectivity index (χ3n) is 6.08. The van der Waals surface area contributed by atoms with Crippen LogP contribution in [-0.4, -0.2) is 38.6 Å². The average Bonchev–Trinajstić information content (AvgIpc) is 2.96. The molecule has 2 saturated heterocycles. The highest BCUT2D eigenvalue weighted by Gasteiger charge is 2.54. The Bertz CT molecular complexity index is 809. The van der Waals surface area contributed by atoms with Gasteiger partial charge in [0.05, 0.1) is 5.60 Å². The number of hydrogen-bond donors (Lipinski definition) is 2. The van der Waals surface area contributed by atoms with Crippen LogP contribution >= 0.6 is 0 Å². The summed E-state index contributed by atoms with van der Waals surface area (Å²) >= 11 is 0. The Kier molecular flexibility index (Phi) is 3.87. The van der Waals surface area contributed by atoms with Crippen molar-refractivity contribution in [2.75, 3.05) is 0 Å². The zero-order valence-electron chi connectivity index (χ0n) is 14.8. The van der Waals surface area contributed by atoms with Gasteiger partial charge in [0.1, 0.15) is 5.82 Å². The van der Waals surface area contributed by atoms with E-state index in [-0.39, 0.29) is 29.7 Å². The first-order chi connectivity index (χ1) is 11.9. The highest BCUT2D eigenvalue weighted by Crippen LogP contribution is 2.47. The molecule has 1 aliphatic carbocycles. The number of carbonyl (C=O) groups is 1. The molecule has 3 aliphatic rings. The highest BCUT2D eigenvalue weighted by molar-refractivity contribution is 5.85. The van der Waals surface area contributed by atoms with E-state index in [1.807, 2.05) is 18.0 Å².